The molecule has 2 N–H and O–H groups in total. The van der Waals surface area contributed by atoms with Gasteiger partial charge in [-0.1, -0.05) is 12.8 Å². The summed E-state index contributed by atoms with van der Waals surface area (Å²) in [5.41, 5.74) is 8.54. The lowest BCUT2D eigenvalue weighted by Crippen LogP contribution is -2.56. The second-order valence-electron chi connectivity index (χ2n) is 7.27. The van der Waals surface area contributed by atoms with E-state index in [-0.39, 0.29) is 11.8 Å². The number of nitrogens with zero attached hydrogens (tertiary/aromatic N) is 3. The summed E-state index contributed by atoms with van der Waals surface area (Å²) < 4.78 is 5.53. The number of hydrazine groups is 2. The average Bonchev–Trinajstić information content (AvgIpc) is 3.21. The number of rotatable bonds is 3. The molecule has 0 bridgehead atoms. The maximum atomic E-state index is 11.7. The molecule has 0 aromatic rings. The van der Waals surface area contributed by atoms with Gasteiger partial charge in [0.25, 0.3) is 0 Å². The molecule has 1 atom stereocenters. The normalized spacial score (nSPS) is 31.0. The number of ether oxygens (including phenoxy) is 1. The minimum Gasteiger partial charge on any atom is -0.379 e. The lowest BCUT2D eigenvalue weighted by molar-refractivity contribution is -0.192. The first kappa shape index (κ1) is 15.4. The molecule has 0 aromatic carbocycles. The van der Waals surface area contributed by atoms with Crippen LogP contribution < -0.4 is 5.73 Å². The SMILES string of the molecule is NC(=O)C1CCC2=C(C1)N(C1CCCC1)N(N1CCOCC1)C2. The number of allylic oxidation sites excluding steroid dienone is 1. The number of primary amides is 1. The van der Waals surface area contributed by atoms with Crippen LogP contribution in [0, 0.1) is 5.92 Å². The van der Waals surface area contributed by atoms with Gasteiger partial charge in [-0.15, -0.1) is 5.12 Å². The summed E-state index contributed by atoms with van der Waals surface area (Å²) in [7, 11) is 0. The maximum absolute atomic E-state index is 11.7. The first-order valence-corrected chi connectivity index (χ1v) is 9.13. The second kappa shape index (κ2) is 6.42. The molecule has 6 nitrogen and oxygen atoms in total. The Morgan fingerprint density at radius 3 is 2.57 bits per heavy atom. The number of nitrogens with two attached hydrogens (primary N) is 1. The number of hydrogen-bond donors (Lipinski definition) is 1. The lowest BCUT2D eigenvalue weighted by atomic mass is 9.87. The van der Waals surface area contributed by atoms with Crippen LogP contribution in [0.25, 0.3) is 0 Å². The minimum atomic E-state index is -0.132. The largest absolute Gasteiger partial charge is 0.379 e. The molecule has 23 heavy (non-hydrogen) atoms. The van der Waals surface area contributed by atoms with Crippen LogP contribution in [0.1, 0.15) is 44.9 Å². The first-order valence-electron chi connectivity index (χ1n) is 9.13. The van der Waals surface area contributed by atoms with Crippen molar-refractivity contribution in [1.29, 1.82) is 0 Å². The zero-order valence-electron chi connectivity index (χ0n) is 13.9. The van der Waals surface area contributed by atoms with Crippen LogP contribution in [-0.4, -0.2) is 59.9 Å². The van der Waals surface area contributed by atoms with Gasteiger partial charge in [-0.3, -0.25) is 9.80 Å². The van der Waals surface area contributed by atoms with Gasteiger partial charge in [0.15, 0.2) is 0 Å². The lowest BCUT2D eigenvalue weighted by Gasteiger charge is -2.44. The summed E-state index contributed by atoms with van der Waals surface area (Å²) in [4.78, 5) is 11.7. The van der Waals surface area contributed by atoms with Crippen molar-refractivity contribution in [2.24, 2.45) is 11.7 Å². The van der Waals surface area contributed by atoms with Crippen LogP contribution in [0.3, 0.4) is 0 Å². The molecule has 1 saturated carbocycles. The number of hydrogen-bond acceptors (Lipinski definition) is 5. The van der Waals surface area contributed by atoms with Gasteiger partial charge in [-0.2, -0.15) is 0 Å². The van der Waals surface area contributed by atoms with E-state index in [1.165, 1.54) is 37.0 Å². The summed E-state index contributed by atoms with van der Waals surface area (Å²) in [6, 6.07) is 0.594. The van der Waals surface area contributed by atoms with E-state index in [2.05, 4.69) is 15.1 Å². The van der Waals surface area contributed by atoms with Crippen molar-refractivity contribution < 1.29 is 9.53 Å². The third kappa shape index (κ3) is 2.88. The molecule has 0 spiro atoms. The third-order valence-corrected chi connectivity index (χ3v) is 5.89. The fraction of sp³-hybridized carbons (Fsp3) is 0.824. The third-order valence-electron chi connectivity index (χ3n) is 5.89. The molecule has 6 heteroatoms. The highest BCUT2D eigenvalue weighted by atomic mass is 16.5. The molecule has 1 amide bonds. The van der Waals surface area contributed by atoms with Crippen molar-refractivity contribution in [3.8, 4) is 0 Å². The van der Waals surface area contributed by atoms with Gasteiger partial charge in [0.05, 0.1) is 19.8 Å². The van der Waals surface area contributed by atoms with Gasteiger partial charge in [0.2, 0.25) is 5.91 Å². The highest BCUT2D eigenvalue weighted by Crippen LogP contribution is 2.42. The Morgan fingerprint density at radius 1 is 1.13 bits per heavy atom. The van der Waals surface area contributed by atoms with Gasteiger partial charge in [-0.25, -0.2) is 5.01 Å². The van der Waals surface area contributed by atoms with E-state index < -0.39 is 0 Å². The zero-order valence-corrected chi connectivity index (χ0v) is 13.9. The van der Waals surface area contributed by atoms with Gasteiger partial charge < -0.3 is 10.5 Å². The van der Waals surface area contributed by atoms with Gasteiger partial charge in [-0.05, 0) is 31.3 Å². The quantitative estimate of drug-likeness (QED) is 0.848. The molecule has 2 aliphatic heterocycles. The summed E-state index contributed by atoms with van der Waals surface area (Å²) >= 11 is 0. The molecule has 2 aliphatic carbocycles. The summed E-state index contributed by atoms with van der Waals surface area (Å²) in [6.07, 6.45) is 7.94. The van der Waals surface area contributed by atoms with E-state index >= 15 is 0 Å². The summed E-state index contributed by atoms with van der Waals surface area (Å²) in [5, 5.41) is 7.45. The van der Waals surface area contributed by atoms with Crippen LogP contribution >= 0.6 is 0 Å². The van der Waals surface area contributed by atoms with Crippen LogP contribution in [0.2, 0.25) is 0 Å². The molecule has 2 fully saturated rings. The van der Waals surface area contributed by atoms with Crippen molar-refractivity contribution in [2.75, 3.05) is 32.8 Å². The molecule has 1 unspecified atom stereocenters. The van der Waals surface area contributed by atoms with E-state index in [0.717, 1.165) is 52.1 Å². The smallest absolute Gasteiger partial charge is 0.220 e. The number of carbonyl (C=O) groups excluding carboxylic acids is 1. The number of carbonyl (C=O) groups is 1. The van der Waals surface area contributed by atoms with Crippen molar-refractivity contribution in [1.82, 2.24) is 15.1 Å². The molecule has 0 radical (unpaired) electrons. The average molecular weight is 320 g/mol. The molecule has 128 valence electrons. The predicted octanol–water partition coefficient (Wildman–Crippen LogP) is 1.25. The Morgan fingerprint density at radius 2 is 1.87 bits per heavy atom. The zero-order chi connectivity index (χ0) is 15.8. The van der Waals surface area contributed by atoms with Crippen molar-refractivity contribution in [3.05, 3.63) is 11.3 Å². The molecule has 4 aliphatic rings. The van der Waals surface area contributed by atoms with E-state index in [1.54, 1.807) is 0 Å². The van der Waals surface area contributed by atoms with Crippen molar-refractivity contribution in [2.45, 2.75) is 51.0 Å². The molecule has 2 heterocycles. The van der Waals surface area contributed by atoms with Crippen molar-refractivity contribution >= 4 is 5.91 Å². The Hall–Kier alpha value is -1.11. The molecule has 0 aromatic heterocycles. The maximum Gasteiger partial charge on any atom is 0.220 e. The summed E-state index contributed by atoms with van der Waals surface area (Å²) in [6.45, 7) is 4.54. The monoisotopic (exact) mass is 320 g/mol. The minimum absolute atomic E-state index is 0.0160. The van der Waals surface area contributed by atoms with Crippen LogP contribution in [0.4, 0.5) is 0 Å². The van der Waals surface area contributed by atoms with Crippen molar-refractivity contribution in [3.63, 3.8) is 0 Å². The van der Waals surface area contributed by atoms with E-state index in [1.807, 2.05) is 0 Å². The molecule has 1 saturated heterocycles. The van der Waals surface area contributed by atoms with Crippen LogP contribution in [0.5, 0.6) is 0 Å². The number of amides is 1. The first-order chi connectivity index (χ1) is 11.2. The van der Waals surface area contributed by atoms with Gasteiger partial charge in [0, 0.05) is 37.2 Å². The second-order valence-corrected chi connectivity index (χ2v) is 7.27. The van der Waals surface area contributed by atoms with Gasteiger partial charge >= 0.3 is 0 Å². The highest BCUT2D eigenvalue weighted by molar-refractivity contribution is 5.77. The molecular weight excluding hydrogens is 292 g/mol. The Kier molecular flexibility index (Phi) is 4.30. The summed E-state index contributed by atoms with van der Waals surface area (Å²) in [5.74, 6) is -0.116. The highest BCUT2D eigenvalue weighted by Gasteiger charge is 2.42. The number of morpholine rings is 1. The fourth-order valence-electron chi connectivity index (χ4n) is 4.61. The fourth-order valence-corrected chi connectivity index (χ4v) is 4.61. The van der Waals surface area contributed by atoms with E-state index in [9.17, 15) is 4.79 Å². The van der Waals surface area contributed by atoms with Crippen LogP contribution in [0.15, 0.2) is 11.3 Å². The van der Waals surface area contributed by atoms with Crippen LogP contribution in [-0.2, 0) is 9.53 Å². The van der Waals surface area contributed by atoms with Gasteiger partial charge in [0.1, 0.15) is 0 Å². The topological polar surface area (TPSA) is 62.0 Å². The molecular formula is C17H28N4O2. The Balaban J connectivity index is 1.58. The Bertz CT molecular complexity index is 495. The van der Waals surface area contributed by atoms with E-state index in [0.29, 0.717) is 6.04 Å². The molecule has 4 rings (SSSR count). The standard InChI is InChI=1S/C17H28N4O2/c18-17(22)13-5-6-14-12-20(19-7-9-23-10-8-19)21(16(14)11-13)15-3-1-2-4-15/h13,15H,1-12H2,(H2,18,22). The Labute approximate surface area is 138 Å². The van der Waals surface area contributed by atoms with E-state index in [4.69, 9.17) is 10.5 Å². The predicted molar refractivity (Wildman–Crippen MR) is 86.8 cm³/mol.